The summed E-state index contributed by atoms with van der Waals surface area (Å²) in [7, 11) is 1.42. The smallest absolute Gasteiger partial charge is 0.382 e. The number of hydrogen-bond donors (Lipinski definition) is 2. The van der Waals surface area contributed by atoms with Crippen LogP contribution in [0.4, 0.5) is 19.0 Å². The summed E-state index contributed by atoms with van der Waals surface area (Å²) < 4.78 is 37.1. The van der Waals surface area contributed by atoms with Crippen LogP contribution in [0.3, 0.4) is 0 Å². The first-order valence-corrected chi connectivity index (χ1v) is 3.36. The molecule has 0 aliphatic heterocycles. The number of anilines is 1. The standard InChI is InChI=1S/C6H8F3N3O/c1-12-2-3(5(10)11-12)4(13)6(7,8)9/h2,4,13H,1H3,(H2,10,11). The minimum absolute atomic E-state index is 0.313. The monoisotopic (exact) mass is 195 g/mol. The van der Waals surface area contributed by atoms with Gasteiger partial charge in [-0.1, -0.05) is 0 Å². The van der Waals surface area contributed by atoms with Crippen molar-refractivity contribution >= 4 is 5.82 Å². The maximum atomic E-state index is 12.0. The van der Waals surface area contributed by atoms with E-state index in [1.165, 1.54) is 7.05 Å². The van der Waals surface area contributed by atoms with Gasteiger partial charge in [-0.25, -0.2) is 0 Å². The first kappa shape index (κ1) is 9.85. The molecule has 3 N–H and O–H groups in total. The highest BCUT2D eigenvalue weighted by Crippen LogP contribution is 2.34. The minimum atomic E-state index is -4.71. The number of alkyl halides is 3. The highest BCUT2D eigenvalue weighted by molar-refractivity contribution is 5.39. The maximum Gasteiger partial charge on any atom is 0.418 e. The van der Waals surface area contributed by atoms with Gasteiger partial charge in [0.05, 0.1) is 5.56 Å². The van der Waals surface area contributed by atoms with Crippen LogP contribution in [-0.4, -0.2) is 21.1 Å². The molecular formula is C6H8F3N3O. The number of hydrogen-bond acceptors (Lipinski definition) is 3. The van der Waals surface area contributed by atoms with Gasteiger partial charge >= 0.3 is 6.18 Å². The molecule has 13 heavy (non-hydrogen) atoms. The predicted octanol–water partition coefficient (Wildman–Crippen LogP) is 0.598. The molecule has 4 nitrogen and oxygen atoms in total. The third-order valence-electron chi connectivity index (χ3n) is 1.49. The quantitative estimate of drug-likeness (QED) is 0.689. The lowest BCUT2D eigenvalue weighted by Gasteiger charge is -2.12. The number of nitrogens with two attached hydrogens (primary N) is 1. The van der Waals surface area contributed by atoms with Crippen molar-refractivity contribution in [1.82, 2.24) is 9.78 Å². The Kier molecular flexibility index (Phi) is 2.21. The van der Waals surface area contributed by atoms with E-state index < -0.39 is 17.8 Å². The number of aromatic nitrogens is 2. The molecule has 0 amide bonds. The Labute approximate surface area is 71.8 Å². The van der Waals surface area contributed by atoms with Crippen molar-refractivity contribution in [3.05, 3.63) is 11.8 Å². The van der Waals surface area contributed by atoms with Crippen LogP contribution >= 0.6 is 0 Å². The first-order chi connectivity index (χ1) is 5.82. The SMILES string of the molecule is Cn1cc(C(O)C(F)(F)F)c(N)n1. The van der Waals surface area contributed by atoms with Crippen LogP contribution in [0.2, 0.25) is 0 Å². The summed E-state index contributed by atoms with van der Waals surface area (Å²) in [6.45, 7) is 0. The van der Waals surface area contributed by atoms with Crippen LogP contribution < -0.4 is 5.73 Å². The Morgan fingerprint density at radius 2 is 2.15 bits per heavy atom. The van der Waals surface area contributed by atoms with E-state index in [9.17, 15) is 13.2 Å². The van der Waals surface area contributed by atoms with Crippen molar-refractivity contribution < 1.29 is 18.3 Å². The molecule has 0 aromatic carbocycles. The lowest BCUT2D eigenvalue weighted by Crippen LogP contribution is -2.20. The molecule has 0 radical (unpaired) electrons. The fraction of sp³-hybridized carbons (Fsp3) is 0.500. The molecular weight excluding hydrogens is 187 g/mol. The number of rotatable bonds is 1. The second-order valence-electron chi connectivity index (χ2n) is 2.59. The fourth-order valence-electron chi connectivity index (χ4n) is 0.911. The summed E-state index contributed by atoms with van der Waals surface area (Å²) in [5.41, 5.74) is 4.73. The largest absolute Gasteiger partial charge is 0.418 e. The zero-order chi connectivity index (χ0) is 10.2. The van der Waals surface area contributed by atoms with Crippen LogP contribution in [0.25, 0.3) is 0 Å². The van der Waals surface area contributed by atoms with E-state index in [4.69, 9.17) is 10.8 Å². The number of aliphatic hydroxyl groups excluding tert-OH is 1. The Morgan fingerprint density at radius 1 is 1.62 bits per heavy atom. The normalized spacial score (nSPS) is 14.5. The first-order valence-electron chi connectivity index (χ1n) is 3.36. The van der Waals surface area contributed by atoms with Crippen molar-refractivity contribution in [3.63, 3.8) is 0 Å². The molecule has 74 valence electrons. The molecule has 1 heterocycles. The molecule has 0 spiro atoms. The van der Waals surface area contributed by atoms with Crippen LogP contribution in [0.1, 0.15) is 11.7 Å². The molecule has 1 unspecified atom stereocenters. The molecule has 0 aliphatic rings. The summed E-state index contributed by atoms with van der Waals surface area (Å²) in [6.07, 6.45) is -6.24. The third-order valence-corrected chi connectivity index (χ3v) is 1.49. The van der Waals surface area contributed by atoms with E-state index in [2.05, 4.69) is 5.10 Å². The van der Waals surface area contributed by atoms with Crippen molar-refractivity contribution in [2.75, 3.05) is 5.73 Å². The summed E-state index contributed by atoms with van der Waals surface area (Å²) in [4.78, 5) is 0. The van der Waals surface area contributed by atoms with Crippen molar-refractivity contribution in [3.8, 4) is 0 Å². The van der Waals surface area contributed by atoms with Gasteiger partial charge in [-0.2, -0.15) is 18.3 Å². The Morgan fingerprint density at radius 3 is 2.46 bits per heavy atom. The molecule has 0 saturated carbocycles. The molecule has 0 bridgehead atoms. The van der Waals surface area contributed by atoms with Crippen LogP contribution in [0, 0.1) is 0 Å². The summed E-state index contributed by atoms with van der Waals surface area (Å²) in [5.74, 6) is -0.313. The van der Waals surface area contributed by atoms with E-state index in [-0.39, 0.29) is 5.82 Å². The highest BCUT2D eigenvalue weighted by Gasteiger charge is 2.41. The van der Waals surface area contributed by atoms with Gasteiger partial charge in [-0.05, 0) is 0 Å². The minimum Gasteiger partial charge on any atom is -0.382 e. The maximum absolute atomic E-state index is 12.0. The topological polar surface area (TPSA) is 64.1 Å². The van der Waals surface area contributed by atoms with Crippen molar-refractivity contribution in [1.29, 1.82) is 0 Å². The van der Waals surface area contributed by atoms with Gasteiger partial charge in [0.25, 0.3) is 0 Å². The number of nitrogen functional groups attached to an aromatic ring is 1. The van der Waals surface area contributed by atoms with E-state index in [1.807, 2.05) is 0 Å². The molecule has 0 fully saturated rings. The Hall–Kier alpha value is -1.24. The number of nitrogens with zero attached hydrogens (tertiary/aromatic N) is 2. The molecule has 1 rings (SSSR count). The summed E-state index contributed by atoms with van der Waals surface area (Å²) >= 11 is 0. The molecule has 0 aliphatic carbocycles. The van der Waals surface area contributed by atoms with Gasteiger partial charge in [0.2, 0.25) is 0 Å². The predicted molar refractivity (Wildman–Crippen MR) is 38.6 cm³/mol. The molecule has 1 aromatic heterocycles. The van der Waals surface area contributed by atoms with Crippen molar-refractivity contribution in [2.45, 2.75) is 12.3 Å². The number of halogens is 3. The van der Waals surface area contributed by atoms with Gasteiger partial charge in [0, 0.05) is 13.2 Å². The van der Waals surface area contributed by atoms with Gasteiger partial charge in [-0.3, -0.25) is 4.68 Å². The van der Waals surface area contributed by atoms with Gasteiger partial charge < -0.3 is 10.8 Å². The van der Waals surface area contributed by atoms with Crippen molar-refractivity contribution in [2.24, 2.45) is 7.05 Å². The lowest BCUT2D eigenvalue weighted by atomic mass is 10.2. The second-order valence-corrected chi connectivity index (χ2v) is 2.59. The highest BCUT2D eigenvalue weighted by atomic mass is 19.4. The molecule has 0 saturated heterocycles. The number of aliphatic hydroxyl groups is 1. The summed E-state index contributed by atoms with van der Waals surface area (Å²) in [6, 6.07) is 0. The average Bonchev–Trinajstić information content (AvgIpc) is 2.26. The van der Waals surface area contributed by atoms with E-state index in [0.29, 0.717) is 0 Å². The van der Waals surface area contributed by atoms with Crippen LogP contribution in [0.5, 0.6) is 0 Å². The van der Waals surface area contributed by atoms with Gasteiger partial charge in [0.15, 0.2) is 11.9 Å². The van der Waals surface area contributed by atoms with Gasteiger partial charge in [0.1, 0.15) is 0 Å². The average molecular weight is 195 g/mol. The van der Waals surface area contributed by atoms with Gasteiger partial charge in [-0.15, -0.1) is 0 Å². The van der Waals surface area contributed by atoms with Crippen LogP contribution in [-0.2, 0) is 7.05 Å². The molecule has 1 atom stereocenters. The zero-order valence-corrected chi connectivity index (χ0v) is 6.71. The molecule has 7 heteroatoms. The number of aryl methyl sites for hydroxylation is 1. The fourth-order valence-corrected chi connectivity index (χ4v) is 0.911. The zero-order valence-electron chi connectivity index (χ0n) is 6.71. The van der Waals surface area contributed by atoms with E-state index in [1.54, 1.807) is 0 Å². The second kappa shape index (κ2) is 2.91. The van der Waals surface area contributed by atoms with E-state index >= 15 is 0 Å². The third kappa shape index (κ3) is 1.92. The lowest BCUT2D eigenvalue weighted by molar-refractivity contribution is -0.206. The molecule has 1 aromatic rings. The van der Waals surface area contributed by atoms with Crippen LogP contribution in [0.15, 0.2) is 6.20 Å². The Bertz CT molecular complexity index is 307. The Balaban J connectivity index is 3.01. The summed E-state index contributed by atoms with van der Waals surface area (Å²) in [5, 5.41) is 12.3. The van der Waals surface area contributed by atoms with E-state index in [0.717, 1.165) is 10.9 Å².